The highest BCUT2D eigenvalue weighted by Gasteiger charge is 2.09. The lowest BCUT2D eigenvalue weighted by molar-refractivity contribution is -0.138. The number of benzene rings is 1. The van der Waals surface area contributed by atoms with E-state index in [9.17, 15) is 9.59 Å². The van der Waals surface area contributed by atoms with Gasteiger partial charge in [-0.25, -0.2) is 4.79 Å². The second kappa shape index (κ2) is 7.81. The maximum atomic E-state index is 11.8. The Bertz CT molecular complexity index is 730. The van der Waals surface area contributed by atoms with E-state index in [1.165, 1.54) is 13.3 Å². The van der Waals surface area contributed by atoms with Crippen LogP contribution in [-0.4, -0.2) is 46.3 Å². The molecule has 0 radical (unpaired) electrons. The number of amides is 2. The number of aromatic nitrogens is 3. The minimum atomic E-state index is -1.07. The van der Waals surface area contributed by atoms with Gasteiger partial charge in [0.2, 0.25) is 0 Å². The molecule has 1 aromatic carbocycles. The number of nitrogens with one attached hydrogen (secondary N) is 2. The van der Waals surface area contributed by atoms with Crippen molar-refractivity contribution in [3.05, 3.63) is 30.0 Å². The molecule has 2 amide bonds. The highest BCUT2D eigenvalue weighted by Crippen LogP contribution is 2.27. The molecular formula is C14H17N5O5. The molecule has 1 aromatic heterocycles. The van der Waals surface area contributed by atoms with E-state index in [4.69, 9.17) is 14.6 Å². The van der Waals surface area contributed by atoms with Gasteiger partial charge < -0.3 is 19.9 Å². The first kappa shape index (κ1) is 17.1. The Balaban J connectivity index is 1.89. The molecule has 2 aromatic rings. The molecule has 0 unspecified atom stereocenters. The summed E-state index contributed by atoms with van der Waals surface area (Å²) in [5.74, 6) is 0.241. The van der Waals surface area contributed by atoms with Gasteiger partial charge in [0.15, 0.2) is 23.9 Å². The van der Waals surface area contributed by atoms with Crippen molar-refractivity contribution in [2.24, 2.45) is 0 Å². The second-order valence-corrected chi connectivity index (χ2v) is 4.65. The first-order chi connectivity index (χ1) is 11.5. The van der Waals surface area contributed by atoms with Crippen molar-refractivity contribution in [2.75, 3.05) is 19.5 Å². The summed E-state index contributed by atoms with van der Waals surface area (Å²) < 4.78 is 10.3. The third-order valence-corrected chi connectivity index (χ3v) is 2.96. The summed E-state index contributed by atoms with van der Waals surface area (Å²) in [5.41, 5.74) is 0.817. The molecule has 10 heteroatoms. The molecule has 128 valence electrons. The Hall–Kier alpha value is -3.30. The third-order valence-electron chi connectivity index (χ3n) is 2.96. The summed E-state index contributed by atoms with van der Waals surface area (Å²) >= 11 is 0. The van der Waals surface area contributed by atoms with Crippen molar-refractivity contribution in [3.8, 4) is 11.5 Å². The minimum Gasteiger partial charge on any atom is -0.493 e. The zero-order valence-corrected chi connectivity index (χ0v) is 13.1. The molecule has 0 bridgehead atoms. The molecule has 0 aliphatic rings. The standard InChI is InChI=1S/C14H17N5O5/c1-23-10-4-3-9(5-11(10)24-2)6-15-14(22)17-12-7-16-19(18-12)8-13(20)21/h3-5,7H,6,8H2,1-2H3,(H,20,21)(H2,15,17,18,22). The maximum Gasteiger partial charge on any atom is 0.327 e. The lowest BCUT2D eigenvalue weighted by atomic mass is 10.2. The molecule has 1 heterocycles. The number of rotatable bonds is 7. The molecule has 0 saturated heterocycles. The van der Waals surface area contributed by atoms with Crippen LogP contribution in [0.4, 0.5) is 10.6 Å². The Morgan fingerprint density at radius 3 is 2.67 bits per heavy atom. The van der Waals surface area contributed by atoms with Gasteiger partial charge in [-0.15, -0.1) is 5.10 Å². The van der Waals surface area contributed by atoms with E-state index in [2.05, 4.69) is 20.8 Å². The molecule has 3 N–H and O–H groups in total. The number of hydrogen-bond donors (Lipinski definition) is 3. The monoisotopic (exact) mass is 335 g/mol. The van der Waals surface area contributed by atoms with Gasteiger partial charge in [-0.05, 0) is 17.7 Å². The van der Waals surface area contributed by atoms with Gasteiger partial charge in [-0.2, -0.15) is 9.90 Å². The summed E-state index contributed by atoms with van der Waals surface area (Å²) in [7, 11) is 3.07. The van der Waals surface area contributed by atoms with E-state index in [0.717, 1.165) is 10.4 Å². The Labute approximate surface area is 137 Å². The number of aliphatic carboxylic acids is 1. The zero-order chi connectivity index (χ0) is 17.5. The van der Waals surface area contributed by atoms with E-state index in [1.807, 2.05) is 0 Å². The average molecular weight is 335 g/mol. The number of carboxylic acids is 1. The number of carbonyl (C=O) groups excluding carboxylic acids is 1. The van der Waals surface area contributed by atoms with E-state index < -0.39 is 12.0 Å². The van der Waals surface area contributed by atoms with Crippen LogP contribution in [0.5, 0.6) is 11.5 Å². The van der Waals surface area contributed by atoms with Crippen molar-refractivity contribution in [1.82, 2.24) is 20.3 Å². The highest BCUT2D eigenvalue weighted by atomic mass is 16.5. The fourth-order valence-electron chi connectivity index (χ4n) is 1.89. The lowest BCUT2D eigenvalue weighted by Gasteiger charge is -2.10. The number of hydrogen-bond acceptors (Lipinski definition) is 6. The van der Waals surface area contributed by atoms with Crippen LogP contribution < -0.4 is 20.1 Å². The van der Waals surface area contributed by atoms with Crippen molar-refractivity contribution in [1.29, 1.82) is 0 Å². The molecule has 0 aliphatic carbocycles. The molecule has 0 aliphatic heterocycles. The van der Waals surface area contributed by atoms with Crippen LogP contribution in [0.25, 0.3) is 0 Å². The summed E-state index contributed by atoms with van der Waals surface area (Å²) in [4.78, 5) is 23.3. The van der Waals surface area contributed by atoms with Gasteiger partial charge >= 0.3 is 12.0 Å². The average Bonchev–Trinajstić information content (AvgIpc) is 2.98. The third kappa shape index (κ3) is 4.60. The van der Waals surface area contributed by atoms with Gasteiger partial charge in [0.1, 0.15) is 0 Å². The quantitative estimate of drug-likeness (QED) is 0.679. The fourth-order valence-corrected chi connectivity index (χ4v) is 1.89. The zero-order valence-electron chi connectivity index (χ0n) is 13.1. The van der Waals surface area contributed by atoms with Crippen LogP contribution in [0.15, 0.2) is 24.4 Å². The van der Waals surface area contributed by atoms with Gasteiger partial charge in [-0.3, -0.25) is 10.1 Å². The predicted molar refractivity (Wildman–Crippen MR) is 83.1 cm³/mol. The second-order valence-electron chi connectivity index (χ2n) is 4.65. The number of ether oxygens (including phenoxy) is 2. The van der Waals surface area contributed by atoms with Gasteiger partial charge in [0.25, 0.3) is 0 Å². The lowest BCUT2D eigenvalue weighted by Crippen LogP contribution is -2.28. The number of methoxy groups -OCH3 is 2. The van der Waals surface area contributed by atoms with E-state index in [-0.39, 0.29) is 18.9 Å². The van der Waals surface area contributed by atoms with Crippen LogP contribution in [0.1, 0.15) is 5.56 Å². The predicted octanol–water partition coefficient (Wildman–Crippen LogP) is 0.702. The number of urea groups is 1. The van der Waals surface area contributed by atoms with Gasteiger partial charge in [0.05, 0.1) is 20.4 Å². The molecule has 2 rings (SSSR count). The van der Waals surface area contributed by atoms with Crippen LogP contribution in [0, 0.1) is 0 Å². The molecule has 0 fully saturated rings. The smallest absolute Gasteiger partial charge is 0.327 e. The van der Waals surface area contributed by atoms with Crippen molar-refractivity contribution in [2.45, 2.75) is 13.1 Å². The largest absolute Gasteiger partial charge is 0.493 e. The SMILES string of the molecule is COc1ccc(CNC(=O)Nc2cnn(CC(=O)O)n2)cc1OC. The van der Waals surface area contributed by atoms with E-state index >= 15 is 0 Å². The molecule has 0 saturated carbocycles. The first-order valence-corrected chi connectivity index (χ1v) is 6.89. The first-order valence-electron chi connectivity index (χ1n) is 6.89. The number of carbonyl (C=O) groups is 2. The van der Waals surface area contributed by atoms with Crippen LogP contribution in [-0.2, 0) is 17.9 Å². The highest BCUT2D eigenvalue weighted by molar-refractivity contribution is 5.87. The summed E-state index contributed by atoms with van der Waals surface area (Å²) in [6.45, 7) is -0.121. The molecule has 0 atom stereocenters. The fraction of sp³-hybridized carbons (Fsp3) is 0.286. The molecule has 0 spiro atoms. The van der Waals surface area contributed by atoms with Crippen LogP contribution >= 0.6 is 0 Å². The normalized spacial score (nSPS) is 10.1. The number of nitrogens with zero attached hydrogens (tertiary/aromatic N) is 3. The van der Waals surface area contributed by atoms with E-state index in [0.29, 0.717) is 11.5 Å². The Kier molecular flexibility index (Phi) is 5.55. The van der Waals surface area contributed by atoms with Gasteiger partial charge in [0, 0.05) is 6.54 Å². The molecule has 10 nitrogen and oxygen atoms in total. The Morgan fingerprint density at radius 1 is 1.25 bits per heavy atom. The van der Waals surface area contributed by atoms with Crippen molar-refractivity contribution < 1.29 is 24.2 Å². The van der Waals surface area contributed by atoms with Crippen molar-refractivity contribution in [3.63, 3.8) is 0 Å². The van der Waals surface area contributed by atoms with Crippen LogP contribution in [0.3, 0.4) is 0 Å². The minimum absolute atomic E-state index is 0.154. The molecule has 24 heavy (non-hydrogen) atoms. The summed E-state index contributed by atoms with van der Waals surface area (Å²) in [6, 6.07) is 4.80. The van der Waals surface area contributed by atoms with E-state index in [1.54, 1.807) is 25.3 Å². The summed E-state index contributed by atoms with van der Waals surface area (Å²) in [5, 5.41) is 21.3. The Morgan fingerprint density at radius 2 is 2.00 bits per heavy atom. The van der Waals surface area contributed by atoms with Crippen molar-refractivity contribution >= 4 is 17.8 Å². The summed E-state index contributed by atoms with van der Waals surface area (Å²) in [6.07, 6.45) is 1.26. The van der Waals surface area contributed by atoms with Gasteiger partial charge in [-0.1, -0.05) is 6.07 Å². The van der Waals surface area contributed by atoms with Crippen LogP contribution in [0.2, 0.25) is 0 Å². The molecular weight excluding hydrogens is 318 g/mol. The number of carboxylic acid groups (broad SMARTS) is 1. The maximum absolute atomic E-state index is 11.8. The number of anilines is 1. The topological polar surface area (TPSA) is 128 Å².